The SMILES string of the molecule is CCOc1cc(/C=c2\sc3n(c2=O)[C@@H](c2cc(Cl)ccc2OC)C(C(=O)OC(C)C)=C(C)N=3)ccc1OCC(=O)N1CCOCC1. The van der Waals surface area contributed by atoms with Crippen molar-refractivity contribution < 1.29 is 33.3 Å². The predicted molar refractivity (Wildman–Crippen MR) is 174 cm³/mol. The average molecular weight is 670 g/mol. The van der Waals surface area contributed by atoms with Gasteiger partial charge in [0, 0.05) is 23.7 Å². The van der Waals surface area contributed by atoms with Crippen LogP contribution >= 0.6 is 22.9 Å². The topological polar surface area (TPSA) is 118 Å². The molecule has 1 atom stereocenters. The van der Waals surface area contributed by atoms with E-state index in [2.05, 4.69) is 4.99 Å². The zero-order valence-corrected chi connectivity index (χ0v) is 27.9. The van der Waals surface area contributed by atoms with Crippen LogP contribution in [0, 0.1) is 0 Å². The van der Waals surface area contributed by atoms with Gasteiger partial charge in [-0.3, -0.25) is 14.2 Å². The van der Waals surface area contributed by atoms with Crippen molar-refractivity contribution in [2.24, 2.45) is 4.99 Å². The molecule has 0 radical (unpaired) electrons. The van der Waals surface area contributed by atoms with Crippen molar-refractivity contribution in [1.82, 2.24) is 9.47 Å². The highest BCUT2D eigenvalue weighted by Gasteiger charge is 2.35. The van der Waals surface area contributed by atoms with Gasteiger partial charge in [0.25, 0.3) is 11.5 Å². The zero-order chi connectivity index (χ0) is 33.0. The molecule has 0 aliphatic carbocycles. The Kier molecular flexibility index (Phi) is 10.5. The van der Waals surface area contributed by atoms with E-state index < -0.39 is 12.0 Å². The van der Waals surface area contributed by atoms with Gasteiger partial charge in [-0.05, 0) is 69.7 Å². The van der Waals surface area contributed by atoms with E-state index >= 15 is 0 Å². The molecule has 1 amide bonds. The molecule has 46 heavy (non-hydrogen) atoms. The minimum Gasteiger partial charge on any atom is -0.496 e. The van der Waals surface area contributed by atoms with Gasteiger partial charge in [0.15, 0.2) is 22.9 Å². The molecule has 0 saturated carbocycles. The first-order valence-electron chi connectivity index (χ1n) is 14.9. The molecule has 3 aromatic rings. The van der Waals surface area contributed by atoms with Crippen molar-refractivity contribution in [3.8, 4) is 17.2 Å². The van der Waals surface area contributed by atoms with Crippen molar-refractivity contribution in [3.63, 3.8) is 0 Å². The number of nitrogens with zero attached hydrogens (tertiary/aromatic N) is 3. The lowest BCUT2D eigenvalue weighted by Gasteiger charge is -2.26. The second-order valence-corrected chi connectivity index (χ2v) is 12.3. The highest BCUT2D eigenvalue weighted by atomic mass is 35.5. The molecule has 1 fully saturated rings. The Labute approximate surface area is 275 Å². The lowest BCUT2D eigenvalue weighted by Crippen LogP contribution is -2.43. The summed E-state index contributed by atoms with van der Waals surface area (Å²) < 4.78 is 30.1. The van der Waals surface area contributed by atoms with Gasteiger partial charge in [-0.2, -0.15) is 0 Å². The van der Waals surface area contributed by atoms with Crippen LogP contribution in [0.1, 0.15) is 44.9 Å². The molecule has 0 N–H and O–H groups in total. The monoisotopic (exact) mass is 669 g/mol. The summed E-state index contributed by atoms with van der Waals surface area (Å²) in [5, 5.41) is 0.418. The van der Waals surface area contributed by atoms with Gasteiger partial charge >= 0.3 is 5.97 Å². The van der Waals surface area contributed by atoms with Crippen molar-refractivity contribution in [2.45, 2.75) is 39.8 Å². The second kappa shape index (κ2) is 14.5. The van der Waals surface area contributed by atoms with E-state index in [-0.39, 0.29) is 29.8 Å². The van der Waals surface area contributed by atoms with Gasteiger partial charge in [-0.1, -0.05) is 29.0 Å². The third-order valence-electron chi connectivity index (χ3n) is 7.35. The molecule has 0 bridgehead atoms. The molecular weight excluding hydrogens is 634 g/mol. The third kappa shape index (κ3) is 7.14. The number of aromatic nitrogens is 1. The number of hydrogen-bond donors (Lipinski definition) is 0. The van der Waals surface area contributed by atoms with Crippen LogP contribution in [0.2, 0.25) is 5.02 Å². The third-order valence-corrected chi connectivity index (χ3v) is 8.57. The number of carbonyl (C=O) groups excluding carboxylic acids is 2. The fourth-order valence-electron chi connectivity index (χ4n) is 5.27. The number of esters is 1. The number of morpholine rings is 1. The summed E-state index contributed by atoms with van der Waals surface area (Å²) >= 11 is 7.60. The fourth-order valence-corrected chi connectivity index (χ4v) is 6.50. The molecule has 11 nitrogen and oxygen atoms in total. The first kappa shape index (κ1) is 33.2. The summed E-state index contributed by atoms with van der Waals surface area (Å²) in [6, 6.07) is 9.41. The maximum atomic E-state index is 14.1. The van der Waals surface area contributed by atoms with Gasteiger partial charge in [-0.25, -0.2) is 9.79 Å². The van der Waals surface area contributed by atoms with Gasteiger partial charge in [-0.15, -0.1) is 0 Å². The van der Waals surface area contributed by atoms with Crippen LogP contribution in [0.4, 0.5) is 0 Å². The molecule has 13 heteroatoms. The minimum absolute atomic E-state index is 0.131. The van der Waals surface area contributed by atoms with Crippen molar-refractivity contribution in [3.05, 3.63) is 83.5 Å². The Morgan fingerprint density at radius 1 is 1.11 bits per heavy atom. The fraction of sp³-hybridized carbons (Fsp3) is 0.394. The number of amides is 1. The quantitative estimate of drug-likeness (QED) is 0.301. The van der Waals surface area contributed by atoms with Crippen molar-refractivity contribution in [1.29, 1.82) is 0 Å². The Hall–Kier alpha value is -4.13. The highest BCUT2D eigenvalue weighted by Crippen LogP contribution is 2.37. The van der Waals surface area contributed by atoms with Crippen molar-refractivity contribution in [2.75, 3.05) is 46.6 Å². The Balaban J connectivity index is 1.55. The summed E-state index contributed by atoms with van der Waals surface area (Å²) in [6.07, 6.45) is 1.34. The molecule has 2 aliphatic heterocycles. The lowest BCUT2D eigenvalue weighted by molar-refractivity contribution is -0.143. The van der Waals surface area contributed by atoms with Gasteiger partial charge < -0.3 is 28.6 Å². The van der Waals surface area contributed by atoms with E-state index in [0.29, 0.717) is 81.3 Å². The molecular formula is C33H36ClN3O8S. The highest BCUT2D eigenvalue weighted by molar-refractivity contribution is 7.07. The van der Waals surface area contributed by atoms with Gasteiger partial charge in [0.05, 0.1) is 48.8 Å². The Bertz CT molecular complexity index is 1840. The lowest BCUT2D eigenvalue weighted by atomic mass is 9.95. The van der Waals surface area contributed by atoms with Crippen LogP contribution in [0.15, 0.2) is 57.5 Å². The first-order chi connectivity index (χ1) is 22.1. The smallest absolute Gasteiger partial charge is 0.338 e. The molecule has 5 rings (SSSR count). The predicted octanol–water partition coefficient (Wildman–Crippen LogP) is 3.49. The van der Waals surface area contributed by atoms with E-state index in [0.717, 1.165) is 0 Å². The number of carbonyl (C=O) groups is 2. The van der Waals surface area contributed by atoms with Crippen LogP contribution < -0.4 is 29.1 Å². The average Bonchev–Trinajstić information content (AvgIpc) is 3.33. The number of benzene rings is 2. The number of rotatable bonds is 10. The van der Waals surface area contributed by atoms with E-state index in [9.17, 15) is 14.4 Å². The van der Waals surface area contributed by atoms with E-state index in [1.54, 1.807) is 68.1 Å². The number of fused-ring (bicyclic) bond motifs is 1. The molecule has 1 aromatic heterocycles. The van der Waals surface area contributed by atoms with Crippen LogP contribution in [0.25, 0.3) is 6.08 Å². The summed E-state index contributed by atoms with van der Waals surface area (Å²) in [4.78, 5) is 46.9. The summed E-state index contributed by atoms with van der Waals surface area (Å²) in [6.45, 7) is 9.39. The number of hydrogen-bond acceptors (Lipinski definition) is 10. The Morgan fingerprint density at radius 3 is 2.54 bits per heavy atom. The molecule has 1 saturated heterocycles. The van der Waals surface area contributed by atoms with Gasteiger partial charge in [0.1, 0.15) is 11.8 Å². The van der Waals surface area contributed by atoms with Crippen LogP contribution in [-0.2, 0) is 19.1 Å². The second-order valence-electron chi connectivity index (χ2n) is 10.8. The molecule has 3 heterocycles. The van der Waals surface area contributed by atoms with Crippen LogP contribution in [0.3, 0.4) is 0 Å². The van der Waals surface area contributed by atoms with Gasteiger partial charge in [0.2, 0.25) is 0 Å². The normalized spacial score (nSPS) is 16.6. The molecule has 2 aromatic carbocycles. The zero-order valence-electron chi connectivity index (χ0n) is 26.3. The molecule has 244 valence electrons. The minimum atomic E-state index is -0.892. The van der Waals surface area contributed by atoms with Crippen molar-refractivity contribution >= 4 is 40.9 Å². The van der Waals surface area contributed by atoms with E-state index in [1.807, 2.05) is 6.92 Å². The number of allylic oxidation sites excluding steroid dienone is 1. The summed E-state index contributed by atoms with van der Waals surface area (Å²) in [5.41, 5.74) is 1.50. The molecule has 2 aliphatic rings. The van der Waals surface area contributed by atoms with Crippen LogP contribution in [-0.4, -0.2) is 74.1 Å². The number of halogens is 1. The van der Waals surface area contributed by atoms with Crippen LogP contribution in [0.5, 0.6) is 17.2 Å². The number of methoxy groups -OCH3 is 1. The van der Waals surface area contributed by atoms with E-state index in [1.165, 1.54) is 23.0 Å². The molecule has 0 unspecified atom stereocenters. The van der Waals surface area contributed by atoms with E-state index in [4.69, 9.17) is 35.3 Å². The first-order valence-corrected chi connectivity index (χ1v) is 16.1. The summed E-state index contributed by atoms with van der Waals surface area (Å²) in [7, 11) is 1.51. The summed E-state index contributed by atoms with van der Waals surface area (Å²) in [5.74, 6) is 0.599. The number of thiazole rings is 1. The number of ether oxygens (including phenoxy) is 5. The maximum Gasteiger partial charge on any atom is 0.338 e. The Morgan fingerprint density at radius 2 is 1.85 bits per heavy atom. The molecule has 0 spiro atoms. The largest absolute Gasteiger partial charge is 0.496 e. The maximum absolute atomic E-state index is 14.1. The standard InChI is InChI=1S/C33H36ClN3O8S/c1-6-43-26-15-21(7-9-25(26)44-18-28(38)36-11-13-42-14-12-36)16-27-31(39)37-30(23-17-22(34)8-10-24(23)41-5)29(32(40)45-19(2)3)20(4)35-33(37)46-27/h7-10,15-17,19,30H,6,11-14,18H2,1-5H3/b27-16-/t30-/m0/s1.